The van der Waals surface area contributed by atoms with Crippen molar-refractivity contribution >= 4 is 11.8 Å². The molecule has 0 aromatic heterocycles. The molecule has 2 aromatic carbocycles. The van der Waals surface area contributed by atoms with E-state index in [1.807, 2.05) is 36.4 Å². The van der Waals surface area contributed by atoms with Crippen molar-refractivity contribution in [3.8, 4) is 0 Å². The van der Waals surface area contributed by atoms with E-state index < -0.39 is 0 Å². The normalized spacial score (nSPS) is 14.6. The summed E-state index contributed by atoms with van der Waals surface area (Å²) in [5, 5.41) is 3.45. The van der Waals surface area contributed by atoms with E-state index in [0.717, 1.165) is 21.9 Å². The summed E-state index contributed by atoms with van der Waals surface area (Å²) in [6, 6.07) is 15.9. The first-order valence-corrected chi connectivity index (χ1v) is 7.38. The van der Waals surface area contributed by atoms with E-state index in [4.69, 9.17) is 0 Å². The van der Waals surface area contributed by atoms with Crippen molar-refractivity contribution in [1.82, 2.24) is 5.32 Å². The fourth-order valence-corrected chi connectivity index (χ4v) is 2.92. The smallest absolute Gasteiger partial charge is 0.137 e. The van der Waals surface area contributed by atoms with Gasteiger partial charge in [0.15, 0.2) is 0 Å². The van der Waals surface area contributed by atoms with E-state index in [1.165, 1.54) is 30.7 Å². The van der Waals surface area contributed by atoms with E-state index in [0.29, 0.717) is 6.04 Å². The van der Waals surface area contributed by atoms with Gasteiger partial charge in [-0.15, -0.1) is 0 Å². The predicted octanol–water partition coefficient (Wildman–Crippen LogP) is 4.23. The van der Waals surface area contributed by atoms with Crippen LogP contribution in [0.1, 0.15) is 18.4 Å². The molecule has 0 unspecified atom stereocenters. The highest BCUT2D eigenvalue weighted by Crippen LogP contribution is 2.33. The molecule has 0 aliphatic heterocycles. The molecule has 2 aromatic rings. The molecule has 3 heteroatoms. The monoisotopic (exact) mass is 273 g/mol. The zero-order chi connectivity index (χ0) is 13.1. The van der Waals surface area contributed by atoms with Crippen molar-refractivity contribution in [2.24, 2.45) is 0 Å². The van der Waals surface area contributed by atoms with Crippen molar-refractivity contribution in [1.29, 1.82) is 0 Å². The van der Waals surface area contributed by atoms with Crippen LogP contribution in [0.5, 0.6) is 0 Å². The zero-order valence-electron chi connectivity index (χ0n) is 10.6. The minimum atomic E-state index is -0.135. The van der Waals surface area contributed by atoms with Crippen molar-refractivity contribution in [3.05, 3.63) is 59.9 Å². The molecule has 1 nitrogen and oxygen atoms in total. The highest BCUT2D eigenvalue weighted by Gasteiger charge is 2.21. The fraction of sp³-hybridized carbons (Fsp3) is 0.250. The Kier molecular flexibility index (Phi) is 3.85. The average Bonchev–Trinajstić information content (AvgIpc) is 3.25. The van der Waals surface area contributed by atoms with Crippen LogP contribution >= 0.6 is 11.8 Å². The molecule has 0 bridgehead atoms. The summed E-state index contributed by atoms with van der Waals surface area (Å²) in [7, 11) is 0. The van der Waals surface area contributed by atoms with Crippen molar-refractivity contribution < 1.29 is 4.39 Å². The van der Waals surface area contributed by atoms with Gasteiger partial charge >= 0.3 is 0 Å². The molecule has 1 saturated carbocycles. The van der Waals surface area contributed by atoms with Crippen LogP contribution in [0.3, 0.4) is 0 Å². The molecule has 98 valence electrons. The fourth-order valence-electron chi connectivity index (χ4n) is 1.96. The van der Waals surface area contributed by atoms with Gasteiger partial charge in [-0.1, -0.05) is 42.1 Å². The lowest BCUT2D eigenvalue weighted by Gasteiger charge is -2.11. The van der Waals surface area contributed by atoms with Crippen molar-refractivity contribution in [2.45, 2.75) is 35.2 Å². The molecule has 0 atom stereocenters. The molecule has 3 rings (SSSR count). The zero-order valence-corrected chi connectivity index (χ0v) is 11.4. The topological polar surface area (TPSA) is 12.0 Å². The number of halogens is 1. The molecule has 1 fully saturated rings. The average molecular weight is 273 g/mol. The molecular formula is C16H16FNS. The minimum absolute atomic E-state index is 0.135. The third-order valence-electron chi connectivity index (χ3n) is 3.17. The second-order valence-electron chi connectivity index (χ2n) is 4.80. The summed E-state index contributed by atoms with van der Waals surface area (Å²) in [6.07, 6.45) is 2.49. The van der Waals surface area contributed by atoms with Crippen LogP contribution in [0, 0.1) is 5.82 Å². The third kappa shape index (κ3) is 3.37. The number of rotatable bonds is 5. The van der Waals surface area contributed by atoms with Gasteiger partial charge in [0.05, 0.1) is 4.90 Å². The molecule has 1 aliphatic carbocycles. The van der Waals surface area contributed by atoms with Gasteiger partial charge in [0.1, 0.15) is 5.82 Å². The van der Waals surface area contributed by atoms with E-state index in [9.17, 15) is 4.39 Å². The van der Waals surface area contributed by atoms with E-state index in [-0.39, 0.29) is 5.82 Å². The third-order valence-corrected chi connectivity index (χ3v) is 4.34. The van der Waals surface area contributed by atoms with Gasteiger partial charge in [-0.2, -0.15) is 0 Å². The van der Waals surface area contributed by atoms with Gasteiger partial charge in [0, 0.05) is 17.5 Å². The maximum atomic E-state index is 14.0. The molecule has 0 amide bonds. The Balaban J connectivity index is 1.81. The van der Waals surface area contributed by atoms with Crippen LogP contribution in [-0.4, -0.2) is 6.04 Å². The van der Waals surface area contributed by atoms with Gasteiger partial charge in [-0.05, 0) is 36.6 Å². The maximum Gasteiger partial charge on any atom is 0.137 e. The SMILES string of the molecule is Fc1cccc(CNC2CC2)c1Sc1ccccc1. The highest BCUT2D eigenvalue weighted by molar-refractivity contribution is 7.99. The summed E-state index contributed by atoms with van der Waals surface area (Å²) in [4.78, 5) is 1.81. The molecule has 0 saturated heterocycles. The summed E-state index contributed by atoms with van der Waals surface area (Å²) < 4.78 is 14.0. The molecule has 1 aliphatic rings. The first kappa shape index (κ1) is 12.7. The predicted molar refractivity (Wildman–Crippen MR) is 76.8 cm³/mol. The summed E-state index contributed by atoms with van der Waals surface area (Å²) >= 11 is 1.50. The minimum Gasteiger partial charge on any atom is -0.310 e. The molecule has 0 heterocycles. The first-order valence-electron chi connectivity index (χ1n) is 6.56. The van der Waals surface area contributed by atoms with Gasteiger partial charge in [-0.3, -0.25) is 0 Å². The van der Waals surface area contributed by atoms with Crippen LogP contribution in [0.25, 0.3) is 0 Å². The van der Waals surface area contributed by atoms with Crippen LogP contribution in [0.15, 0.2) is 58.3 Å². The lowest BCUT2D eigenvalue weighted by Crippen LogP contribution is -2.16. The van der Waals surface area contributed by atoms with Gasteiger partial charge < -0.3 is 5.32 Å². The van der Waals surface area contributed by atoms with Gasteiger partial charge in [0.2, 0.25) is 0 Å². The maximum absolute atomic E-state index is 14.0. The van der Waals surface area contributed by atoms with E-state index in [2.05, 4.69) is 5.32 Å². The summed E-state index contributed by atoms with van der Waals surface area (Å²) in [5.74, 6) is -0.135. The molecular weight excluding hydrogens is 257 g/mol. The Bertz CT molecular complexity index is 552. The number of nitrogens with one attached hydrogen (secondary N) is 1. The summed E-state index contributed by atoms with van der Waals surface area (Å²) in [6.45, 7) is 0.748. The summed E-state index contributed by atoms with van der Waals surface area (Å²) in [5.41, 5.74) is 1.04. The second-order valence-corrected chi connectivity index (χ2v) is 5.88. The number of benzene rings is 2. The van der Waals surface area contributed by atoms with Crippen LogP contribution < -0.4 is 5.32 Å². The molecule has 0 radical (unpaired) electrons. The Morgan fingerprint density at radius 3 is 2.58 bits per heavy atom. The van der Waals surface area contributed by atoms with Crippen LogP contribution in [-0.2, 0) is 6.54 Å². The van der Waals surface area contributed by atoms with E-state index in [1.54, 1.807) is 6.07 Å². The first-order chi connectivity index (χ1) is 9.33. The van der Waals surface area contributed by atoms with Gasteiger partial charge in [0.25, 0.3) is 0 Å². The number of hydrogen-bond acceptors (Lipinski definition) is 2. The lowest BCUT2D eigenvalue weighted by atomic mass is 10.2. The van der Waals surface area contributed by atoms with Crippen LogP contribution in [0.4, 0.5) is 4.39 Å². The Morgan fingerprint density at radius 2 is 1.84 bits per heavy atom. The van der Waals surface area contributed by atoms with Crippen LogP contribution in [0.2, 0.25) is 0 Å². The molecule has 1 N–H and O–H groups in total. The molecule has 0 spiro atoms. The lowest BCUT2D eigenvalue weighted by molar-refractivity contribution is 0.589. The highest BCUT2D eigenvalue weighted by atomic mass is 32.2. The molecule has 19 heavy (non-hydrogen) atoms. The van der Waals surface area contributed by atoms with Crippen molar-refractivity contribution in [3.63, 3.8) is 0 Å². The quantitative estimate of drug-likeness (QED) is 0.875. The van der Waals surface area contributed by atoms with Crippen molar-refractivity contribution in [2.75, 3.05) is 0 Å². The number of hydrogen-bond donors (Lipinski definition) is 1. The second kappa shape index (κ2) is 5.76. The largest absolute Gasteiger partial charge is 0.310 e. The van der Waals surface area contributed by atoms with E-state index >= 15 is 0 Å². The standard InChI is InChI=1S/C16H16FNS/c17-15-8-4-5-12(11-18-13-9-10-13)16(15)19-14-6-2-1-3-7-14/h1-8,13,18H,9-11H2. The Labute approximate surface area is 117 Å². The van der Waals surface area contributed by atoms with Gasteiger partial charge in [-0.25, -0.2) is 4.39 Å². The Hall–Kier alpha value is -1.32. The Morgan fingerprint density at radius 1 is 1.05 bits per heavy atom.